The molecule has 1 heterocycles. The summed E-state index contributed by atoms with van der Waals surface area (Å²) in [6, 6.07) is 7.41. The van der Waals surface area contributed by atoms with Crippen molar-refractivity contribution < 1.29 is 18.3 Å². The number of likely N-dealkylation sites (N-methyl/N-ethyl adjacent to an activating group) is 1. The molecule has 0 aliphatic carbocycles. The number of alkyl halides is 3. The third kappa shape index (κ3) is 2.97. The molecule has 2 aromatic rings. The number of halogens is 3. The molecule has 116 valence electrons. The van der Waals surface area contributed by atoms with Gasteiger partial charge in [-0.3, -0.25) is 0 Å². The van der Waals surface area contributed by atoms with Gasteiger partial charge in [0.15, 0.2) is 6.10 Å². The minimum absolute atomic E-state index is 0.259. The molecule has 22 heavy (non-hydrogen) atoms. The van der Waals surface area contributed by atoms with Crippen LogP contribution in [0.3, 0.4) is 0 Å². The molecule has 0 saturated heterocycles. The van der Waals surface area contributed by atoms with E-state index in [2.05, 4.69) is 4.98 Å². The molecule has 0 amide bonds. The van der Waals surface area contributed by atoms with Gasteiger partial charge in [0.2, 0.25) is 0 Å². The van der Waals surface area contributed by atoms with Gasteiger partial charge in [-0.2, -0.15) is 18.4 Å². The fourth-order valence-corrected chi connectivity index (χ4v) is 2.19. The van der Waals surface area contributed by atoms with Crippen LogP contribution in [0.2, 0.25) is 0 Å². The molecule has 1 aromatic heterocycles. The van der Waals surface area contributed by atoms with Gasteiger partial charge in [-0.25, -0.2) is 4.98 Å². The van der Waals surface area contributed by atoms with Crippen molar-refractivity contribution in [2.45, 2.75) is 25.2 Å². The van der Waals surface area contributed by atoms with Crippen molar-refractivity contribution in [2.24, 2.45) is 0 Å². The van der Waals surface area contributed by atoms with E-state index in [1.54, 1.807) is 24.3 Å². The maximum absolute atomic E-state index is 12.6. The first-order chi connectivity index (χ1) is 10.3. The minimum Gasteiger partial charge on any atom is -0.382 e. The van der Waals surface area contributed by atoms with E-state index in [9.17, 15) is 18.3 Å². The number of nitriles is 1. The molecule has 1 N–H and O–H groups in total. The number of rotatable bonds is 3. The molecule has 0 aliphatic rings. The zero-order chi connectivity index (χ0) is 16.5. The summed E-state index contributed by atoms with van der Waals surface area (Å²) in [5.74, 6) is 0. The molecule has 4 nitrogen and oxygen atoms in total. The van der Waals surface area contributed by atoms with E-state index in [4.69, 9.17) is 5.26 Å². The third-order valence-electron chi connectivity index (χ3n) is 3.66. The third-order valence-corrected chi connectivity index (χ3v) is 3.66. The van der Waals surface area contributed by atoms with Gasteiger partial charge in [-0.1, -0.05) is 0 Å². The Morgan fingerprint density at radius 3 is 2.59 bits per heavy atom. The normalized spacial score (nSPS) is 14.4. The van der Waals surface area contributed by atoms with E-state index < -0.39 is 18.3 Å². The maximum atomic E-state index is 12.6. The van der Waals surface area contributed by atoms with Crippen LogP contribution in [0.15, 0.2) is 30.5 Å². The smallest absolute Gasteiger partial charge is 0.382 e. The van der Waals surface area contributed by atoms with E-state index in [1.807, 2.05) is 6.07 Å². The molecule has 0 bridgehead atoms. The van der Waals surface area contributed by atoms with Crippen LogP contribution in [0.4, 0.5) is 18.9 Å². The van der Waals surface area contributed by atoms with E-state index in [-0.39, 0.29) is 5.69 Å². The molecule has 2 rings (SSSR count). The summed E-state index contributed by atoms with van der Waals surface area (Å²) in [7, 11) is 1.48. The predicted octanol–water partition coefficient (Wildman–Crippen LogP) is 2.85. The number of aliphatic hydroxyl groups excluding tert-OH is 1. The van der Waals surface area contributed by atoms with E-state index >= 15 is 0 Å². The Labute approximate surface area is 125 Å². The average Bonchev–Trinajstić information content (AvgIpc) is 2.50. The molecule has 0 fully saturated rings. The summed E-state index contributed by atoms with van der Waals surface area (Å²) >= 11 is 0. The number of benzene rings is 1. The molecule has 0 saturated carbocycles. The predicted molar refractivity (Wildman–Crippen MR) is 76.4 cm³/mol. The number of nitrogens with zero attached hydrogens (tertiary/aromatic N) is 3. The highest BCUT2D eigenvalue weighted by atomic mass is 19.4. The molecule has 7 heteroatoms. The van der Waals surface area contributed by atoms with E-state index in [0.717, 1.165) is 0 Å². The molecule has 0 radical (unpaired) electrons. The maximum Gasteiger partial charge on any atom is 0.416 e. The Kier molecular flexibility index (Phi) is 4.24. The molecule has 0 spiro atoms. The van der Waals surface area contributed by atoms with Crippen molar-refractivity contribution in [2.75, 3.05) is 11.9 Å². The Morgan fingerprint density at radius 2 is 2.00 bits per heavy atom. The van der Waals surface area contributed by atoms with Crippen LogP contribution in [-0.4, -0.2) is 35.5 Å². The second-order valence-electron chi connectivity index (χ2n) is 5.01. The fraction of sp³-hybridized carbons (Fsp3) is 0.333. The monoisotopic (exact) mass is 309 g/mol. The average molecular weight is 309 g/mol. The van der Waals surface area contributed by atoms with Gasteiger partial charge in [0.05, 0.1) is 6.04 Å². The van der Waals surface area contributed by atoms with Gasteiger partial charge in [0.1, 0.15) is 11.8 Å². The lowest BCUT2D eigenvalue weighted by Gasteiger charge is -2.31. The van der Waals surface area contributed by atoms with Gasteiger partial charge in [0.25, 0.3) is 0 Å². The Morgan fingerprint density at radius 1 is 1.32 bits per heavy atom. The quantitative estimate of drug-likeness (QED) is 0.947. The summed E-state index contributed by atoms with van der Waals surface area (Å²) in [5.41, 5.74) is 0.772. The molecule has 1 unspecified atom stereocenters. The topological polar surface area (TPSA) is 60.1 Å². The lowest BCUT2D eigenvalue weighted by atomic mass is 10.1. The first-order valence-electron chi connectivity index (χ1n) is 6.52. The van der Waals surface area contributed by atoms with Crippen LogP contribution < -0.4 is 4.90 Å². The van der Waals surface area contributed by atoms with Crippen molar-refractivity contribution in [3.63, 3.8) is 0 Å². The molecular formula is C15H14F3N3O. The van der Waals surface area contributed by atoms with Crippen LogP contribution in [0.25, 0.3) is 10.8 Å². The van der Waals surface area contributed by atoms with Crippen LogP contribution in [0.1, 0.15) is 12.6 Å². The zero-order valence-electron chi connectivity index (χ0n) is 12.0. The van der Waals surface area contributed by atoms with Crippen molar-refractivity contribution in [1.29, 1.82) is 5.26 Å². The van der Waals surface area contributed by atoms with Crippen LogP contribution in [0, 0.1) is 11.3 Å². The van der Waals surface area contributed by atoms with Crippen molar-refractivity contribution in [1.82, 2.24) is 4.98 Å². The first-order valence-corrected chi connectivity index (χ1v) is 6.52. The SMILES string of the molecule is CC([C@H](O)C(F)(F)F)N(C)c1ccc2c(C#N)nccc2c1. The van der Waals surface area contributed by atoms with Gasteiger partial charge in [-0.05, 0) is 36.6 Å². The Balaban J connectivity index is 2.37. The number of aromatic nitrogens is 1. The van der Waals surface area contributed by atoms with Gasteiger partial charge in [-0.15, -0.1) is 0 Å². The Hall–Kier alpha value is -2.33. The molecular weight excluding hydrogens is 295 g/mol. The minimum atomic E-state index is -4.68. The molecule has 0 aliphatic heterocycles. The highest BCUT2D eigenvalue weighted by Crippen LogP contribution is 2.29. The summed E-state index contributed by atoms with van der Waals surface area (Å²) in [6.45, 7) is 1.30. The second kappa shape index (κ2) is 5.81. The second-order valence-corrected chi connectivity index (χ2v) is 5.01. The van der Waals surface area contributed by atoms with Crippen molar-refractivity contribution >= 4 is 16.5 Å². The summed E-state index contributed by atoms with van der Waals surface area (Å²) in [4.78, 5) is 5.28. The van der Waals surface area contributed by atoms with Crippen molar-refractivity contribution in [3.05, 3.63) is 36.2 Å². The lowest BCUT2D eigenvalue weighted by Crippen LogP contribution is -2.47. The highest BCUT2D eigenvalue weighted by Gasteiger charge is 2.43. The molecule has 2 atom stereocenters. The van der Waals surface area contributed by atoms with E-state index in [0.29, 0.717) is 16.5 Å². The van der Waals surface area contributed by atoms with Crippen molar-refractivity contribution in [3.8, 4) is 6.07 Å². The number of pyridine rings is 1. The standard InChI is InChI=1S/C15H14F3N3O/c1-9(14(22)15(16,17)18)21(2)11-3-4-12-10(7-11)5-6-20-13(12)8-19/h3-7,9,14,22H,1-2H3/t9?,14-/m0/s1. The van der Waals surface area contributed by atoms with Gasteiger partial charge in [0, 0.05) is 24.3 Å². The van der Waals surface area contributed by atoms with E-state index in [1.165, 1.54) is 25.1 Å². The Bertz CT molecular complexity index is 724. The number of hydrogen-bond donors (Lipinski definition) is 1. The number of hydrogen-bond acceptors (Lipinski definition) is 4. The lowest BCUT2D eigenvalue weighted by molar-refractivity contribution is -0.208. The first kappa shape index (κ1) is 16.0. The number of fused-ring (bicyclic) bond motifs is 1. The summed E-state index contributed by atoms with van der Waals surface area (Å²) in [6.07, 6.45) is -5.65. The largest absolute Gasteiger partial charge is 0.416 e. The molecule has 1 aromatic carbocycles. The van der Waals surface area contributed by atoms with Gasteiger partial charge >= 0.3 is 6.18 Å². The van der Waals surface area contributed by atoms with Crippen LogP contribution >= 0.6 is 0 Å². The highest BCUT2D eigenvalue weighted by molar-refractivity contribution is 5.89. The number of anilines is 1. The fourth-order valence-electron chi connectivity index (χ4n) is 2.19. The van der Waals surface area contributed by atoms with Gasteiger partial charge < -0.3 is 10.0 Å². The van der Waals surface area contributed by atoms with Crippen LogP contribution in [0.5, 0.6) is 0 Å². The number of aliphatic hydroxyl groups is 1. The van der Waals surface area contributed by atoms with Crippen LogP contribution in [-0.2, 0) is 0 Å². The zero-order valence-corrected chi connectivity index (χ0v) is 12.0. The summed E-state index contributed by atoms with van der Waals surface area (Å²) in [5, 5.41) is 19.7. The summed E-state index contributed by atoms with van der Waals surface area (Å²) < 4.78 is 37.8.